The number of methoxy groups -OCH3 is 2. The average molecular weight is 366 g/mol. The van der Waals surface area contributed by atoms with E-state index < -0.39 is 0 Å². The van der Waals surface area contributed by atoms with E-state index in [1.54, 1.807) is 20.4 Å². The van der Waals surface area contributed by atoms with Crippen molar-refractivity contribution in [2.45, 2.75) is 26.4 Å². The highest BCUT2D eigenvalue weighted by Gasteiger charge is 2.18. The van der Waals surface area contributed by atoms with Gasteiger partial charge in [0.15, 0.2) is 5.76 Å². The van der Waals surface area contributed by atoms with Gasteiger partial charge in [-0.3, -0.25) is 4.90 Å². The first kappa shape index (κ1) is 19.0. The van der Waals surface area contributed by atoms with E-state index in [4.69, 9.17) is 13.9 Å². The van der Waals surface area contributed by atoms with Crippen LogP contribution in [0.3, 0.4) is 0 Å². The van der Waals surface area contributed by atoms with Gasteiger partial charge in [-0.25, -0.2) is 4.98 Å². The molecule has 0 radical (unpaired) electrons. The summed E-state index contributed by atoms with van der Waals surface area (Å²) in [7, 11) is 3.35. The van der Waals surface area contributed by atoms with Gasteiger partial charge in [0.25, 0.3) is 0 Å². The molecule has 0 aliphatic carbocycles. The number of hydrogen-bond donors (Lipinski definition) is 0. The van der Waals surface area contributed by atoms with E-state index in [0.29, 0.717) is 12.4 Å². The van der Waals surface area contributed by atoms with E-state index in [1.807, 2.05) is 36.4 Å². The first-order valence-corrected chi connectivity index (χ1v) is 9.11. The zero-order valence-corrected chi connectivity index (χ0v) is 16.3. The molecule has 0 aliphatic heterocycles. The lowest BCUT2D eigenvalue weighted by Crippen LogP contribution is -2.26. The van der Waals surface area contributed by atoms with Gasteiger partial charge in [-0.1, -0.05) is 19.1 Å². The molecule has 1 atom stereocenters. The average Bonchev–Trinajstić information content (AvgIpc) is 3.20. The van der Waals surface area contributed by atoms with Crippen molar-refractivity contribution in [1.29, 1.82) is 0 Å². The largest absolute Gasteiger partial charge is 0.497 e. The zero-order valence-electron chi connectivity index (χ0n) is 16.3. The van der Waals surface area contributed by atoms with Crippen molar-refractivity contribution in [1.82, 2.24) is 9.88 Å². The van der Waals surface area contributed by atoms with Crippen molar-refractivity contribution < 1.29 is 13.9 Å². The molecule has 1 heterocycles. The molecule has 1 unspecified atom stereocenters. The molecule has 1 aromatic heterocycles. The second-order valence-electron chi connectivity index (χ2n) is 6.36. The van der Waals surface area contributed by atoms with Gasteiger partial charge in [-0.15, -0.1) is 0 Å². The summed E-state index contributed by atoms with van der Waals surface area (Å²) < 4.78 is 16.5. The standard InChI is InChI=1S/C22H26N2O3/c1-5-24(16(2)18-7-6-8-20(13-18)26-4)15-22-23-14-21(27-22)17-9-11-19(25-3)12-10-17/h6-14,16H,5,15H2,1-4H3. The first-order chi connectivity index (χ1) is 13.1. The van der Waals surface area contributed by atoms with Gasteiger partial charge in [0.2, 0.25) is 5.89 Å². The third-order valence-corrected chi connectivity index (χ3v) is 4.80. The van der Waals surface area contributed by atoms with Crippen molar-refractivity contribution in [2.75, 3.05) is 20.8 Å². The molecule has 2 aromatic carbocycles. The topological polar surface area (TPSA) is 47.7 Å². The molecule has 3 aromatic rings. The second-order valence-corrected chi connectivity index (χ2v) is 6.36. The minimum absolute atomic E-state index is 0.224. The maximum atomic E-state index is 5.99. The lowest BCUT2D eigenvalue weighted by atomic mass is 10.1. The van der Waals surface area contributed by atoms with E-state index in [-0.39, 0.29) is 6.04 Å². The lowest BCUT2D eigenvalue weighted by Gasteiger charge is -2.27. The number of oxazole rings is 1. The Bertz CT molecular complexity index is 858. The van der Waals surface area contributed by atoms with E-state index in [9.17, 15) is 0 Å². The third kappa shape index (κ3) is 4.49. The fourth-order valence-electron chi connectivity index (χ4n) is 3.08. The van der Waals surface area contributed by atoms with Crippen molar-refractivity contribution >= 4 is 0 Å². The smallest absolute Gasteiger partial charge is 0.209 e. The van der Waals surface area contributed by atoms with Gasteiger partial charge in [0.05, 0.1) is 27.0 Å². The van der Waals surface area contributed by atoms with Gasteiger partial charge in [0.1, 0.15) is 11.5 Å². The van der Waals surface area contributed by atoms with Crippen LogP contribution < -0.4 is 9.47 Å². The monoisotopic (exact) mass is 366 g/mol. The second kappa shape index (κ2) is 8.73. The summed E-state index contributed by atoms with van der Waals surface area (Å²) in [6, 6.07) is 16.2. The van der Waals surface area contributed by atoms with Crippen LogP contribution in [0.4, 0.5) is 0 Å². The molecule has 0 fully saturated rings. The summed E-state index contributed by atoms with van der Waals surface area (Å²) in [6.45, 7) is 5.86. The molecule has 0 saturated carbocycles. The lowest BCUT2D eigenvalue weighted by molar-refractivity contribution is 0.193. The Labute approximate surface area is 160 Å². The number of aromatic nitrogens is 1. The van der Waals surface area contributed by atoms with Crippen molar-refractivity contribution in [3.8, 4) is 22.8 Å². The van der Waals surface area contributed by atoms with Gasteiger partial charge >= 0.3 is 0 Å². The van der Waals surface area contributed by atoms with Gasteiger partial charge in [-0.05, 0) is 55.4 Å². The Kier molecular flexibility index (Phi) is 6.14. The highest BCUT2D eigenvalue weighted by atomic mass is 16.5. The van der Waals surface area contributed by atoms with Crippen LogP contribution in [0.25, 0.3) is 11.3 Å². The van der Waals surface area contributed by atoms with Crippen LogP contribution in [-0.4, -0.2) is 30.6 Å². The summed E-state index contributed by atoms with van der Waals surface area (Å²) in [6.07, 6.45) is 1.78. The van der Waals surface area contributed by atoms with Crippen molar-refractivity contribution in [3.63, 3.8) is 0 Å². The first-order valence-electron chi connectivity index (χ1n) is 9.11. The van der Waals surface area contributed by atoms with Crippen LogP contribution in [0.15, 0.2) is 59.1 Å². The molecular weight excluding hydrogens is 340 g/mol. The normalized spacial score (nSPS) is 12.2. The quantitative estimate of drug-likeness (QED) is 0.565. The Morgan fingerprint density at radius 3 is 2.44 bits per heavy atom. The number of nitrogens with zero attached hydrogens (tertiary/aromatic N) is 2. The summed E-state index contributed by atoms with van der Waals surface area (Å²) in [5.74, 6) is 3.16. The van der Waals surface area contributed by atoms with Crippen LogP contribution in [0.5, 0.6) is 11.5 Å². The molecule has 0 amide bonds. The van der Waals surface area contributed by atoms with Crippen molar-refractivity contribution in [3.05, 3.63) is 66.2 Å². The Balaban J connectivity index is 1.73. The third-order valence-electron chi connectivity index (χ3n) is 4.80. The minimum atomic E-state index is 0.224. The van der Waals surface area contributed by atoms with Crippen molar-refractivity contribution in [2.24, 2.45) is 0 Å². The number of ether oxygens (including phenoxy) is 2. The fraction of sp³-hybridized carbons (Fsp3) is 0.318. The Hall–Kier alpha value is -2.79. The van der Waals surface area contributed by atoms with E-state index in [0.717, 1.165) is 29.4 Å². The molecule has 3 rings (SSSR count). The Morgan fingerprint density at radius 1 is 1.04 bits per heavy atom. The molecule has 142 valence electrons. The number of rotatable bonds is 8. The van der Waals surface area contributed by atoms with Crippen LogP contribution >= 0.6 is 0 Å². The van der Waals surface area contributed by atoms with Crippen LogP contribution in [0.2, 0.25) is 0 Å². The number of benzene rings is 2. The molecule has 0 N–H and O–H groups in total. The molecule has 5 nitrogen and oxygen atoms in total. The maximum absolute atomic E-state index is 5.99. The van der Waals surface area contributed by atoms with Crippen LogP contribution in [-0.2, 0) is 6.54 Å². The van der Waals surface area contributed by atoms with Gasteiger partial charge < -0.3 is 13.9 Å². The number of hydrogen-bond acceptors (Lipinski definition) is 5. The fourth-order valence-corrected chi connectivity index (χ4v) is 3.08. The maximum Gasteiger partial charge on any atom is 0.209 e. The summed E-state index contributed by atoms with van der Waals surface area (Å²) in [5, 5.41) is 0. The van der Waals surface area contributed by atoms with Gasteiger partial charge in [-0.2, -0.15) is 0 Å². The molecular formula is C22H26N2O3. The highest BCUT2D eigenvalue weighted by molar-refractivity contribution is 5.57. The van der Waals surface area contributed by atoms with E-state index in [1.165, 1.54) is 5.56 Å². The molecule has 0 saturated heterocycles. The summed E-state index contributed by atoms with van der Waals surface area (Å²) in [5.41, 5.74) is 2.19. The minimum Gasteiger partial charge on any atom is -0.497 e. The Morgan fingerprint density at radius 2 is 1.78 bits per heavy atom. The van der Waals surface area contributed by atoms with E-state index >= 15 is 0 Å². The van der Waals surface area contributed by atoms with Crippen LogP contribution in [0, 0.1) is 0 Å². The predicted molar refractivity (Wildman–Crippen MR) is 106 cm³/mol. The molecule has 5 heteroatoms. The molecule has 0 bridgehead atoms. The van der Waals surface area contributed by atoms with Crippen LogP contribution in [0.1, 0.15) is 31.3 Å². The van der Waals surface area contributed by atoms with Gasteiger partial charge in [0, 0.05) is 11.6 Å². The molecule has 27 heavy (non-hydrogen) atoms. The summed E-state index contributed by atoms with van der Waals surface area (Å²) in [4.78, 5) is 6.79. The van der Waals surface area contributed by atoms with E-state index in [2.05, 4.69) is 35.9 Å². The summed E-state index contributed by atoms with van der Waals surface area (Å²) >= 11 is 0. The highest BCUT2D eigenvalue weighted by Crippen LogP contribution is 2.27. The molecule has 0 aliphatic rings. The predicted octanol–water partition coefficient (Wildman–Crippen LogP) is 4.94. The molecule has 0 spiro atoms. The SMILES string of the molecule is CCN(Cc1ncc(-c2ccc(OC)cc2)o1)C(C)c1cccc(OC)c1. The zero-order chi connectivity index (χ0) is 19.2.